The first-order valence-corrected chi connectivity index (χ1v) is 18.6. The van der Waals surface area contributed by atoms with Gasteiger partial charge < -0.3 is 28.7 Å². The van der Waals surface area contributed by atoms with E-state index >= 15 is 0 Å². The van der Waals surface area contributed by atoms with Gasteiger partial charge in [-0.1, -0.05) is 53.5 Å². The number of ether oxygens (including phenoxy) is 2. The number of aliphatic hydroxyl groups is 2. The first-order chi connectivity index (χ1) is 25.7. The predicted molar refractivity (Wildman–Crippen MR) is 202 cm³/mol. The number of fused-ring (bicyclic) bond motifs is 2. The SMILES string of the molecule is COc1nc(O[C@H]2CCc3c(-c4cccc(-c5cc6c(=O)n(CCN7CC[C@@H](O)C7)cc(C#N)c6o5)c4Cl)cccc32)c(Cl)cc1CN1CC[C@@H](O)C1. The molecule has 2 aliphatic heterocycles. The van der Waals surface area contributed by atoms with E-state index in [-0.39, 0.29) is 35.0 Å². The van der Waals surface area contributed by atoms with E-state index in [2.05, 4.69) is 20.9 Å². The number of β-amino-alcohol motifs (C(OH)–C–C–N with tert-alkyl or cyclic N) is 2. The van der Waals surface area contributed by atoms with Crippen molar-refractivity contribution in [1.29, 1.82) is 5.26 Å². The van der Waals surface area contributed by atoms with Crippen molar-refractivity contribution in [3.63, 3.8) is 0 Å². The second-order valence-corrected chi connectivity index (χ2v) is 14.8. The van der Waals surface area contributed by atoms with Gasteiger partial charge in [0.15, 0.2) is 5.58 Å². The zero-order valence-electron chi connectivity index (χ0n) is 29.2. The van der Waals surface area contributed by atoms with Crippen molar-refractivity contribution in [3.8, 4) is 40.3 Å². The normalized spacial score (nSPS) is 20.3. The van der Waals surface area contributed by atoms with Gasteiger partial charge in [-0.15, -0.1) is 0 Å². The van der Waals surface area contributed by atoms with Crippen LogP contribution in [0.25, 0.3) is 33.4 Å². The Bertz CT molecular complexity index is 2300. The molecule has 2 aromatic carbocycles. The van der Waals surface area contributed by atoms with Gasteiger partial charge in [0.2, 0.25) is 11.8 Å². The number of nitriles is 1. The van der Waals surface area contributed by atoms with E-state index in [1.165, 1.54) is 0 Å². The van der Waals surface area contributed by atoms with Crippen LogP contribution in [0.4, 0.5) is 0 Å². The molecule has 11 nitrogen and oxygen atoms in total. The van der Waals surface area contributed by atoms with Crippen LogP contribution in [-0.2, 0) is 19.5 Å². The molecule has 274 valence electrons. The first-order valence-electron chi connectivity index (χ1n) is 17.9. The van der Waals surface area contributed by atoms with Crippen molar-refractivity contribution < 1.29 is 24.1 Å². The number of halogens is 2. The van der Waals surface area contributed by atoms with E-state index in [1.807, 2.05) is 42.5 Å². The van der Waals surface area contributed by atoms with Crippen molar-refractivity contribution in [3.05, 3.63) is 97.4 Å². The van der Waals surface area contributed by atoms with Crippen molar-refractivity contribution in [1.82, 2.24) is 19.4 Å². The summed E-state index contributed by atoms with van der Waals surface area (Å²) in [6.45, 7) is 4.29. The summed E-state index contributed by atoms with van der Waals surface area (Å²) in [5.41, 5.74) is 5.58. The number of likely N-dealkylation sites (tertiary alicyclic amines) is 2. The summed E-state index contributed by atoms with van der Waals surface area (Å²) in [4.78, 5) is 22.5. The highest BCUT2D eigenvalue weighted by Gasteiger charge is 2.30. The zero-order chi connectivity index (χ0) is 36.8. The van der Waals surface area contributed by atoms with Crippen molar-refractivity contribution in [2.75, 3.05) is 39.8 Å². The number of aromatic nitrogens is 2. The van der Waals surface area contributed by atoms with Crippen LogP contribution in [0.15, 0.2) is 63.9 Å². The maximum absolute atomic E-state index is 13.6. The number of pyridine rings is 2. The monoisotopic (exact) mass is 755 g/mol. The second-order valence-electron chi connectivity index (χ2n) is 14.1. The number of furan rings is 1. The average Bonchev–Trinajstić information content (AvgIpc) is 3.97. The minimum atomic E-state index is -0.348. The number of hydrogen-bond donors (Lipinski definition) is 2. The van der Waals surface area contributed by atoms with E-state index < -0.39 is 0 Å². The number of benzene rings is 2. The largest absolute Gasteiger partial charge is 0.481 e. The summed E-state index contributed by atoms with van der Waals surface area (Å²) in [6, 6.07) is 17.5. The van der Waals surface area contributed by atoms with Gasteiger partial charge in [-0.3, -0.25) is 14.6 Å². The third kappa shape index (κ3) is 6.92. The molecule has 5 heterocycles. The Morgan fingerprint density at radius 1 is 0.962 bits per heavy atom. The molecule has 1 aliphatic carbocycles. The Labute approximate surface area is 316 Å². The first kappa shape index (κ1) is 35.6. The van der Waals surface area contributed by atoms with Crippen LogP contribution in [0.1, 0.15) is 47.6 Å². The molecular formula is C40H39Cl2N5O6. The number of hydrogen-bond acceptors (Lipinski definition) is 10. The lowest BCUT2D eigenvalue weighted by atomic mass is 9.95. The van der Waals surface area contributed by atoms with Crippen LogP contribution < -0.4 is 15.0 Å². The second kappa shape index (κ2) is 14.8. The molecule has 8 rings (SSSR count). The number of aliphatic hydroxyl groups excluding tert-OH is 2. The predicted octanol–water partition coefficient (Wildman–Crippen LogP) is 6.21. The van der Waals surface area contributed by atoms with Gasteiger partial charge in [-0.2, -0.15) is 10.2 Å². The molecular weight excluding hydrogens is 717 g/mol. The molecule has 3 aromatic heterocycles. The highest BCUT2D eigenvalue weighted by atomic mass is 35.5. The summed E-state index contributed by atoms with van der Waals surface area (Å²) in [6.07, 6.45) is 3.48. The van der Waals surface area contributed by atoms with E-state index in [1.54, 1.807) is 23.9 Å². The highest BCUT2D eigenvalue weighted by molar-refractivity contribution is 6.36. The molecule has 2 saturated heterocycles. The lowest BCUT2D eigenvalue weighted by Crippen LogP contribution is -2.30. The van der Waals surface area contributed by atoms with Crippen LogP contribution in [-0.4, -0.2) is 81.6 Å². The topological polar surface area (TPSA) is 137 Å². The number of rotatable bonds is 10. The minimum absolute atomic E-state index is 0.231. The molecule has 0 saturated carbocycles. The standard InChI is InChI=1S/C40H39Cl2N5O6/c1-51-38-23(19-46-13-11-26(49)22-46)16-33(41)39(44-38)53-34-9-8-28-27(4-2-5-29(28)34)30-6-3-7-31(36(30)42)35-17-32-37(52-35)24(18-43)20-47(40(32)50)15-14-45-12-10-25(48)21-45/h2-7,16-17,20,25-26,34,48-49H,8-15,19,21-22H2,1H3/t25-,26-,34+/m1/s1. The molecule has 13 heteroatoms. The summed E-state index contributed by atoms with van der Waals surface area (Å²) in [7, 11) is 1.57. The third-order valence-corrected chi connectivity index (χ3v) is 11.3. The van der Waals surface area contributed by atoms with Crippen LogP contribution in [0.2, 0.25) is 10.0 Å². The van der Waals surface area contributed by atoms with E-state index in [0.717, 1.165) is 53.7 Å². The number of methoxy groups -OCH3 is 1. The summed E-state index contributed by atoms with van der Waals surface area (Å²) in [5, 5.41) is 31.0. The Kier molecular flexibility index (Phi) is 9.93. The summed E-state index contributed by atoms with van der Waals surface area (Å²) in [5.74, 6) is 1.14. The molecule has 5 aromatic rings. The maximum Gasteiger partial charge on any atom is 0.261 e. The Morgan fingerprint density at radius 3 is 2.43 bits per heavy atom. The minimum Gasteiger partial charge on any atom is -0.481 e. The molecule has 0 radical (unpaired) electrons. The van der Waals surface area contributed by atoms with Crippen molar-refractivity contribution >= 4 is 34.2 Å². The smallest absolute Gasteiger partial charge is 0.261 e. The van der Waals surface area contributed by atoms with E-state index in [4.69, 9.17) is 37.1 Å². The molecule has 3 atom stereocenters. The molecule has 3 aliphatic rings. The average molecular weight is 757 g/mol. The number of nitrogens with zero attached hydrogens (tertiary/aromatic N) is 5. The van der Waals surface area contributed by atoms with Gasteiger partial charge in [-0.05, 0) is 60.6 Å². The fourth-order valence-corrected chi connectivity index (χ4v) is 8.48. The molecule has 0 unspecified atom stereocenters. The van der Waals surface area contributed by atoms with Gasteiger partial charge in [-0.25, -0.2) is 0 Å². The van der Waals surface area contributed by atoms with Crippen LogP contribution in [0.3, 0.4) is 0 Å². The maximum atomic E-state index is 13.6. The van der Waals surface area contributed by atoms with Gasteiger partial charge in [0.05, 0.1) is 29.7 Å². The van der Waals surface area contributed by atoms with Gasteiger partial charge >= 0.3 is 0 Å². The van der Waals surface area contributed by atoms with Gasteiger partial charge in [0, 0.05) is 68.7 Å². The highest BCUT2D eigenvalue weighted by Crippen LogP contribution is 2.45. The summed E-state index contributed by atoms with van der Waals surface area (Å²) < 4.78 is 19.8. The fourth-order valence-electron chi connectivity index (χ4n) is 7.94. The van der Waals surface area contributed by atoms with Crippen LogP contribution in [0, 0.1) is 11.3 Å². The molecule has 0 amide bonds. The lowest BCUT2D eigenvalue weighted by Gasteiger charge is -2.20. The van der Waals surface area contributed by atoms with E-state index in [9.17, 15) is 20.3 Å². The molecule has 53 heavy (non-hydrogen) atoms. The molecule has 0 bridgehead atoms. The van der Waals surface area contributed by atoms with Crippen LogP contribution >= 0.6 is 23.2 Å². The third-order valence-electron chi connectivity index (χ3n) is 10.6. The van der Waals surface area contributed by atoms with Crippen LogP contribution in [0.5, 0.6) is 11.8 Å². The Hall–Kier alpha value is -4.41. The molecule has 2 fully saturated rings. The zero-order valence-corrected chi connectivity index (χ0v) is 30.7. The molecule has 2 N–H and O–H groups in total. The van der Waals surface area contributed by atoms with Gasteiger partial charge in [0.1, 0.15) is 28.5 Å². The van der Waals surface area contributed by atoms with Crippen molar-refractivity contribution in [2.45, 2.75) is 57.1 Å². The molecule has 0 spiro atoms. The quantitative estimate of drug-likeness (QED) is 0.169. The van der Waals surface area contributed by atoms with Crippen molar-refractivity contribution in [2.24, 2.45) is 0 Å². The van der Waals surface area contributed by atoms with E-state index in [0.29, 0.717) is 84.1 Å². The fraction of sp³-hybridized carbons (Fsp3) is 0.375. The summed E-state index contributed by atoms with van der Waals surface area (Å²) >= 11 is 13.9. The van der Waals surface area contributed by atoms with Gasteiger partial charge in [0.25, 0.3) is 5.56 Å². The Morgan fingerprint density at radius 2 is 1.70 bits per heavy atom. The Balaban J connectivity index is 1.07. The lowest BCUT2D eigenvalue weighted by molar-refractivity contribution is 0.174.